The van der Waals surface area contributed by atoms with Crippen LogP contribution in [0.3, 0.4) is 0 Å². The van der Waals surface area contributed by atoms with Gasteiger partial charge in [-0.3, -0.25) is 10.1 Å². The molecule has 6 nitrogen and oxygen atoms in total. The molecule has 110 valence electrons. The first kappa shape index (κ1) is 14.6. The fourth-order valence-corrected chi connectivity index (χ4v) is 2.09. The van der Waals surface area contributed by atoms with E-state index in [1.54, 1.807) is 19.2 Å². The molecule has 0 aliphatic rings. The Labute approximate surface area is 122 Å². The molecule has 0 fully saturated rings. The van der Waals surface area contributed by atoms with Gasteiger partial charge in [-0.15, -0.1) is 0 Å². The second kappa shape index (κ2) is 6.13. The van der Waals surface area contributed by atoms with Gasteiger partial charge in [0.05, 0.1) is 12.0 Å². The molecule has 2 rings (SSSR count). The molecular weight excluding hydrogens is 270 g/mol. The van der Waals surface area contributed by atoms with Gasteiger partial charge in [-0.2, -0.15) is 0 Å². The van der Waals surface area contributed by atoms with Gasteiger partial charge >= 0.3 is 5.69 Å². The first-order chi connectivity index (χ1) is 10.0. The molecule has 0 aliphatic heterocycles. The fraction of sp³-hybridized carbons (Fsp3) is 0.200. The van der Waals surface area contributed by atoms with E-state index in [0.29, 0.717) is 5.69 Å². The zero-order chi connectivity index (χ0) is 15.4. The van der Waals surface area contributed by atoms with Crippen LogP contribution in [0.4, 0.5) is 17.1 Å². The summed E-state index contributed by atoms with van der Waals surface area (Å²) in [6.07, 6.45) is 0. The maximum absolute atomic E-state index is 11.1. The summed E-state index contributed by atoms with van der Waals surface area (Å²) < 4.78 is 5.11. The van der Waals surface area contributed by atoms with E-state index in [1.807, 2.05) is 31.2 Å². The van der Waals surface area contributed by atoms with Crippen LogP contribution in [0.15, 0.2) is 42.5 Å². The number of nitrogens with one attached hydrogen (secondary N) is 1. The van der Waals surface area contributed by atoms with Gasteiger partial charge in [-0.25, -0.2) is 0 Å². The SMILES string of the molecule is COc1ccc(C(C)Nc2cccc(N)c2[N+](=O)[O-])cc1. The molecule has 0 saturated carbocycles. The number of nitro groups is 1. The highest BCUT2D eigenvalue weighted by molar-refractivity contribution is 5.74. The predicted molar refractivity (Wildman–Crippen MR) is 82.5 cm³/mol. The second-order valence-electron chi connectivity index (χ2n) is 4.64. The molecule has 6 heteroatoms. The Morgan fingerprint density at radius 1 is 1.24 bits per heavy atom. The molecule has 3 N–H and O–H groups in total. The first-order valence-electron chi connectivity index (χ1n) is 6.46. The van der Waals surface area contributed by atoms with Crippen molar-refractivity contribution in [3.63, 3.8) is 0 Å². The summed E-state index contributed by atoms with van der Waals surface area (Å²) in [6, 6.07) is 12.3. The van der Waals surface area contributed by atoms with E-state index < -0.39 is 4.92 Å². The number of para-hydroxylation sites is 1. The van der Waals surface area contributed by atoms with Gasteiger partial charge in [0.15, 0.2) is 0 Å². The van der Waals surface area contributed by atoms with Crippen molar-refractivity contribution in [2.24, 2.45) is 0 Å². The van der Waals surface area contributed by atoms with Crippen LogP contribution in [0.25, 0.3) is 0 Å². The Morgan fingerprint density at radius 2 is 1.90 bits per heavy atom. The van der Waals surface area contributed by atoms with Crippen LogP contribution >= 0.6 is 0 Å². The molecule has 0 aliphatic carbocycles. The number of methoxy groups -OCH3 is 1. The van der Waals surface area contributed by atoms with Crippen molar-refractivity contribution in [2.75, 3.05) is 18.2 Å². The van der Waals surface area contributed by atoms with Gasteiger partial charge in [-0.1, -0.05) is 18.2 Å². The first-order valence-corrected chi connectivity index (χ1v) is 6.46. The normalized spacial score (nSPS) is 11.7. The van der Waals surface area contributed by atoms with E-state index in [0.717, 1.165) is 11.3 Å². The number of ether oxygens (including phenoxy) is 1. The summed E-state index contributed by atoms with van der Waals surface area (Å²) in [5, 5.41) is 14.2. The Kier molecular flexibility index (Phi) is 4.27. The molecule has 1 atom stereocenters. The Balaban J connectivity index is 2.24. The Morgan fingerprint density at radius 3 is 2.48 bits per heavy atom. The van der Waals surface area contributed by atoms with Gasteiger partial charge < -0.3 is 15.8 Å². The van der Waals surface area contributed by atoms with Crippen molar-refractivity contribution in [1.82, 2.24) is 0 Å². The van der Waals surface area contributed by atoms with Gasteiger partial charge in [-0.05, 0) is 36.8 Å². The summed E-state index contributed by atoms with van der Waals surface area (Å²) >= 11 is 0. The monoisotopic (exact) mass is 287 g/mol. The minimum Gasteiger partial charge on any atom is -0.497 e. The van der Waals surface area contributed by atoms with E-state index in [2.05, 4.69) is 5.32 Å². The van der Waals surface area contributed by atoms with Gasteiger partial charge in [0.2, 0.25) is 0 Å². The molecule has 0 heterocycles. The number of nitro benzene ring substituents is 1. The topological polar surface area (TPSA) is 90.4 Å². The summed E-state index contributed by atoms with van der Waals surface area (Å²) in [5.74, 6) is 0.765. The van der Waals surface area contributed by atoms with Crippen LogP contribution < -0.4 is 15.8 Å². The molecule has 1 unspecified atom stereocenters. The molecular formula is C15H17N3O3. The minimum atomic E-state index is -0.474. The summed E-state index contributed by atoms with van der Waals surface area (Å²) in [5.41, 5.74) is 7.12. The molecule has 2 aromatic rings. The maximum Gasteiger partial charge on any atom is 0.314 e. The quantitative estimate of drug-likeness (QED) is 0.500. The maximum atomic E-state index is 11.1. The van der Waals surface area contributed by atoms with Crippen molar-refractivity contribution < 1.29 is 9.66 Å². The lowest BCUT2D eigenvalue weighted by molar-refractivity contribution is -0.383. The second-order valence-corrected chi connectivity index (χ2v) is 4.64. The molecule has 0 amide bonds. The largest absolute Gasteiger partial charge is 0.497 e. The smallest absolute Gasteiger partial charge is 0.314 e. The highest BCUT2D eigenvalue weighted by atomic mass is 16.6. The average molecular weight is 287 g/mol. The van der Waals surface area contributed by atoms with Gasteiger partial charge in [0.25, 0.3) is 0 Å². The lowest BCUT2D eigenvalue weighted by atomic mass is 10.1. The van der Waals surface area contributed by atoms with E-state index in [9.17, 15) is 10.1 Å². The van der Waals surface area contributed by atoms with Gasteiger partial charge in [0, 0.05) is 6.04 Å². The minimum absolute atomic E-state index is 0.0992. The molecule has 2 aromatic carbocycles. The standard InChI is InChI=1S/C15H17N3O3/c1-10(11-6-8-12(21-2)9-7-11)17-14-5-3-4-13(16)15(14)18(19)20/h3-10,17H,16H2,1-2H3. The molecule has 0 spiro atoms. The van der Waals surface area contributed by atoms with Crippen molar-refractivity contribution in [2.45, 2.75) is 13.0 Å². The average Bonchev–Trinajstić information content (AvgIpc) is 2.47. The number of hydrogen-bond donors (Lipinski definition) is 2. The van der Waals surface area contributed by atoms with Crippen LogP contribution in [-0.4, -0.2) is 12.0 Å². The van der Waals surface area contributed by atoms with Crippen molar-refractivity contribution >= 4 is 17.1 Å². The summed E-state index contributed by atoms with van der Waals surface area (Å²) in [6.45, 7) is 1.93. The third-order valence-electron chi connectivity index (χ3n) is 3.24. The van der Waals surface area contributed by atoms with Crippen molar-refractivity contribution in [3.8, 4) is 5.75 Å². The Bertz CT molecular complexity index is 641. The van der Waals surface area contributed by atoms with Crippen LogP contribution in [0, 0.1) is 10.1 Å². The summed E-state index contributed by atoms with van der Waals surface area (Å²) in [4.78, 5) is 10.6. The number of anilines is 2. The van der Waals surface area contributed by atoms with Crippen LogP contribution in [0.5, 0.6) is 5.75 Å². The lowest BCUT2D eigenvalue weighted by Gasteiger charge is -2.16. The number of nitrogens with zero attached hydrogens (tertiary/aromatic N) is 1. The third-order valence-corrected chi connectivity index (χ3v) is 3.24. The fourth-order valence-electron chi connectivity index (χ4n) is 2.09. The summed E-state index contributed by atoms with van der Waals surface area (Å²) in [7, 11) is 1.60. The van der Waals surface area contributed by atoms with E-state index in [4.69, 9.17) is 10.5 Å². The number of benzene rings is 2. The van der Waals surface area contributed by atoms with Crippen LogP contribution in [-0.2, 0) is 0 Å². The van der Waals surface area contributed by atoms with E-state index in [-0.39, 0.29) is 17.4 Å². The van der Waals surface area contributed by atoms with Crippen LogP contribution in [0.1, 0.15) is 18.5 Å². The number of nitrogen functional groups attached to an aromatic ring is 1. The predicted octanol–water partition coefficient (Wildman–Crippen LogP) is 3.36. The van der Waals surface area contributed by atoms with E-state index >= 15 is 0 Å². The lowest BCUT2D eigenvalue weighted by Crippen LogP contribution is -2.09. The third kappa shape index (κ3) is 3.22. The molecule has 0 saturated heterocycles. The van der Waals surface area contributed by atoms with Crippen molar-refractivity contribution in [3.05, 3.63) is 58.1 Å². The zero-order valence-electron chi connectivity index (χ0n) is 11.9. The Hall–Kier alpha value is -2.76. The highest BCUT2D eigenvalue weighted by Gasteiger charge is 2.19. The molecule has 0 bridgehead atoms. The zero-order valence-corrected chi connectivity index (χ0v) is 11.9. The number of nitrogens with two attached hydrogens (primary N) is 1. The van der Waals surface area contributed by atoms with Gasteiger partial charge in [0.1, 0.15) is 17.1 Å². The van der Waals surface area contributed by atoms with Crippen molar-refractivity contribution in [1.29, 1.82) is 0 Å². The highest BCUT2D eigenvalue weighted by Crippen LogP contribution is 2.33. The molecule has 0 radical (unpaired) electrons. The van der Waals surface area contributed by atoms with E-state index in [1.165, 1.54) is 6.07 Å². The van der Waals surface area contributed by atoms with Crippen LogP contribution in [0.2, 0.25) is 0 Å². The number of hydrogen-bond acceptors (Lipinski definition) is 5. The number of rotatable bonds is 5. The molecule has 21 heavy (non-hydrogen) atoms. The molecule has 0 aromatic heterocycles.